The highest BCUT2D eigenvalue weighted by Gasteiger charge is 2.51. The van der Waals surface area contributed by atoms with Crippen LogP contribution in [-0.4, -0.2) is 53.0 Å². The van der Waals surface area contributed by atoms with E-state index >= 15 is 0 Å². The molecule has 3 aliphatic rings. The highest BCUT2D eigenvalue weighted by atomic mass is 79.9. The number of nitrogens with zero attached hydrogens (tertiary/aromatic N) is 2. The quantitative estimate of drug-likeness (QED) is 0.197. The average Bonchev–Trinajstić information content (AvgIpc) is 3.30. The van der Waals surface area contributed by atoms with Gasteiger partial charge in [-0.05, 0) is 104 Å². The minimum absolute atomic E-state index is 0. The number of fused-ring (bicyclic) bond motifs is 2. The maximum absolute atomic E-state index is 12.9. The summed E-state index contributed by atoms with van der Waals surface area (Å²) in [6.07, 6.45) is 0. The maximum Gasteiger partial charge on any atom is 0.494 e. The van der Waals surface area contributed by atoms with Crippen molar-refractivity contribution in [3.05, 3.63) is 135 Å². The molecule has 2 atom stereocenters. The standard InChI is InChI=1S/C23H28BNO3.C17H16BrNO.2CH4/c1-16-14-25(21(26)17-9-7-6-8-10-17)15-18-13-19(11-12-20(16)18)24-27-22(2,3)23(4,5)28-24;1-12-10-19(17(20)13-5-3-2-4-6-13)11-14-9-15(18)7-8-16(12)14;;/h6-13,16H,14-15H2,1-5H3;2-9,12H,10-11H2,1H3;2*1H4. The molecule has 0 N–H and O–H groups in total. The lowest BCUT2D eigenvalue weighted by molar-refractivity contribution is 0.00578. The Kier molecular flexibility index (Phi) is 12.2. The van der Waals surface area contributed by atoms with Gasteiger partial charge in [0.1, 0.15) is 0 Å². The van der Waals surface area contributed by atoms with Crippen molar-refractivity contribution < 1.29 is 18.9 Å². The molecule has 2 amide bonds. The first-order chi connectivity index (χ1) is 22.8. The molecule has 0 radical (unpaired) electrons. The first-order valence-corrected chi connectivity index (χ1v) is 17.6. The van der Waals surface area contributed by atoms with E-state index in [1.165, 1.54) is 22.3 Å². The van der Waals surface area contributed by atoms with E-state index in [-0.39, 0.29) is 45.0 Å². The number of rotatable bonds is 3. The van der Waals surface area contributed by atoms with Gasteiger partial charge in [0.05, 0.1) is 11.2 Å². The zero-order valence-corrected chi connectivity index (χ0v) is 30.3. The van der Waals surface area contributed by atoms with Crippen molar-refractivity contribution in [2.24, 2.45) is 0 Å². The van der Waals surface area contributed by atoms with Gasteiger partial charge in [0.15, 0.2) is 0 Å². The summed E-state index contributed by atoms with van der Waals surface area (Å²) in [7, 11) is -0.384. The minimum Gasteiger partial charge on any atom is -0.399 e. The van der Waals surface area contributed by atoms with Crippen LogP contribution in [0.15, 0.2) is 102 Å². The first kappa shape index (κ1) is 39.1. The van der Waals surface area contributed by atoms with Crippen molar-refractivity contribution >= 4 is 40.3 Å². The van der Waals surface area contributed by atoms with Crippen LogP contribution in [0, 0.1) is 0 Å². The summed E-state index contributed by atoms with van der Waals surface area (Å²) in [5, 5.41) is 0. The van der Waals surface area contributed by atoms with Crippen molar-refractivity contribution in [1.82, 2.24) is 9.80 Å². The number of halogens is 1. The number of hydrogen-bond acceptors (Lipinski definition) is 4. The lowest BCUT2D eigenvalue weighted by Gasteiger charge is -2.33. The van der Waals surface area contributed by atoms with Crippen LogP contribution < -0.4 is 5.46 Å². The molecule has 0 spiro atoms. The molecule has 264 valence electrons. The van der Waals surface area contributed by atoms with Crippen LogP contribution >= 0.6 is 15.9 Å². The molecule has 7 rings (SSSR count). The van der Waals surface area contributed by atoms with Gasteiger partial charge in [-0.25, -0.2) is 0 Å². The fourth-order valence-corrected chi connectivity index (χ4v) is 7.20. The maximum atomic E-state index is 12.9. The lowest BCUT2D eigenvalue weighted by Crippen LogP contribution is -2.41. The highest BCUT2D eigenvalue weighted by molar-refractivity contribution is 9.10. The third-order valence-electron chi connectivity index (χ3n) is 10.2. The largest absolute Gasteiger partial charge is 0.494 e. The second kappa shape index (κ2) is 15.7. The summed E-state index contributed by atoms with van der Waals surface area (Å²) in [6.45, 7) is 15.4. The Morgan fingerprint density at radius 3 is 1.54 bits per heavy atom. The molecule has 1 fully saturated rings. The molecule has 4 aromatic rings. The van der Waals surface area contributed by atoms with Crippen molar-refractivity contribution in [3.8, 4) is 0 Å². The van der Waals surface area contributed by atoms with E-state index < -0.39 is 0 Å². The zero-order chi connectivity index (χ0) is 34.2. The van der Waals surface area contributed by atoms with Gasteiger partial charge in [-0.1, -0.05) is 105 Å². The molecule has 6 nitrogen and oxygen atoms in total. The van der Waals surface area contributed by atoms with Crippen LogP contribution in [0.1, 0.15) is 111 Å². The third-order valence-corrected chi connectivity index (χ3v) is 10.7. The molecular formula is C42H52BBrN2O4. The molecule has 0 aromatic heterocycles. The molecule has 0 aliphatic carbocycles. The van der Waals surface area contributed by atoms with Gasteiger partial charge in [-0.3, -0.25) is 9.59 Å². The van der Waals surface area contributed by atoms with E-state index in [4.69, 9.17) is 9.31 Å². The van der Waals surface area contributed by atoms with Crippen LogP contribution in [0.4, 0.5) is 0 Å². The van der Waals surface area contributed by atoms with E-state index in [0.717, 1.165) is 34.2 Å². The SMILES string of the molecule is C.C.CC1CN(C(=O)c2ccccc2)Cc2cc(B3OC(C)(C)C(C)(C)O3)ccc21.CC1CN(C(=O)c2ccccc2)Cc2cc(Br)ccc21. The number of carbonyl (C=O) groups is 2. The number of amides is 2. The van der Waals surface area contributed by atoms with Crippen molar-refractivity contribution in [2.75, 3.05) is 13.1 Å². The molecule has 3 aliphatic heterocycles. The molecule has 0 saturated carbocycles. The second-order valence-electron chi connectivity index (χ2n) is 14.3. The Balaban J connectivity index is 0.000000227. The van der Waals surface area contributed by atoms with Gasteiger partial charge in [-0.2, -0.15) is 0 Å². The Hall–Kier alpha value is -3.72. The highest BCUT2D eigenvalue weighted by Crippen LogP contribution is 2.37. The van der Waals surface area contributed by atoms with Gasteiger partial charge in [-0.15, -0.1) is 0 Å². The Morgan fingerprint density at radius 1 is 0.660 bits per heavy atom. The van der Waals surface area contributed by atoms with Crippen LogP contribution in [0.2, 0.25) is 0 Å². The van der Waals surface area contributed by atoms with Crippen LogP contribution in [0.3, 0.4) is 0 Å². The summed E-state index contributed by atoms with van der Waals surface area (Å²) in [6, 6.07) is 31.8. The third kappa shape index (κ3) is 8.09. The lowest BCUT2D eigenvalue weighted by atomic mass is 9.76. The number of hydrogen-bond donors (Lipinski definition) is 0. The van der Waals surface area contributed by atoms with E-state index in [2.05, 4.69) is 93.9 Å². The summed E-state index contributed by atoms with van der Waals surface area (Å²) >= 11 is 3.51. The predicted octanol–water partition coefficient (Wildman–Crippen LogP) is 9.23. The molecule has 0 bridgehead atoms. The van der Waals surface area contributed by atoms with Crippen molar-refractivity contribution in [3.63, 3.8) is 0 Å². The predicted molar refractivity (Wildman–Crippen MR) is 209 cm³/mol. The smallest absolute Gasteiger partial charge is 0.399 e. The summed E-state index contributed by atoms with van der Waals surface area (Å²) < 4.78 is 13.5. The fraction of sp³-hybridized carbons (Fsp3) is 0.381. The van der Waals surface area contributed by atoms with Crippen molar-refractivity contribution in [2.45, 2.75) is 92.5 Å². The molecular weight excluding hydrogens is 687 g/mol. The number of benzene rings is 4. The average molecular weight is 740 g/mol. The first-order valence-electron chi connectivity index (χ1n) is 16.8. The molecule has 4 aromatic carbocycles. The van der Waals surface area contributed by atoms with Crippen LogP contribution in [0.25, 0.3) is 0 Å². The van der Waals surface area contributed by atoms with Gasteiger partial charge >= 0.3 is 7.12 Å². The van der Waals surface area contributed by atoms with E-state index in [9.17, 15) is 9.59 Å². The van der Waals surface area contributed by atoms with Crippen molar-refractivity contribution in [1.29, 1.82) is 0 Å². The molecule has 1 saturated heterocycles. The molecule has 8 heteroatoms. The topological polar surface area (TPSA) is 59.1 Å². The summed E-state index contributed by atoms with van der Waals surface area (Å²) in [5.41, 5.74) is 6.85. The molecule has 2 unspecified atom stereocenters. The molecule has 50 heavy (non-hydrogen) atoms. The van der Waals surface area contributed by atoms with Gasteiger partial charge in [0, 0.05) is 41.8 Å². The van der Waals surface area contributed by atoms with E-state index in [1.807, 2.05) is 70.5 Å². The summed E-state index contributed by atoms with van der Waals surface area (Å²) in [4.78, 5) is 29.4. The minimum atomic E-state index is -0.384. The van der Waals surface area contributed by atoms with Gasteiger partial charge in [0.2, 0.25) is 0 Å². The van der Waals surface area contributed by atoms with Crippen LogP contribution in [0.5, 0.6) is 0 Å². The normalized spacial score (nSPS) is 19.9. The van der Waals surface area contributed by atoms with E-state index in [1.54, 1.807) is 0 Å². The van der Waals surface area contributed by atoms with E-state index in [0.29, 0.717) is 24.9 Å². The Labute approximate surface area is 308 Å². The Morgan fingerprint density at radius 2 is 1.08 bits per heavy atom. The van der Waals surface area contributed by atoms with Crippen LogP contribution in [-0.2, 0) is 22.4 Å². The monoisotopic (exact) mass is 738 g/mol. The zero-order valence-electron chi connectivity index (χ0n) is 28.7. The molecule has 3 heterocycles. The number of carbonyl (C=O) groups excluding carboxylic acids is 2. The summed E-state index contributed by atoms with van der Waals surface area (Å²) in [5.74, 6) is 0.866. The second-order valence-corrected chi connectivity index (χ2v) is 15.2. The van der Waals surface area contributed by atoms with Gasteiger partial charge < -0.3 is 19.1 Å². The van der Waals surface area contributed by atoms with Gasteiger partial charge in [0.25, 0.3) is 11.8 Å². The Bertz CT molecular complexity index is 1780. The fourth-order valence-electron chi connectivity index (χ4n) is 6.80.